The van der Waals surface area contributed by atoms with Crippen LogP contribution in [0.1, 0.15) is 31.8 Å². The van der Waals surface area contributed by atoms with Crippen LogP contribution in [0.25, 0.3) is 12.2 Å². The molecule has 0 aliphatic carbocycles. The number of nitrogens with zero attached hydrogens (tertiary/aromatic N) is 8. The maximum absolute atomic E-state index is 12.4. The predicted octanol–water partition coefficient (Wildman–Crippen LogP) is -15.0. The van der Waals surface area contributed by atoms with Crippen LogP contribution >= 0.6 is 0 Å². The number of carboxylic acid groups (broad SMARTS) is 2. The molecule has 0 fully saturated rings. The van der Waals surface area contributed by atoms with Crippen LogP contribution in [-0.4, -0.2) is 141 Å². The first-order valence-electron chi connectivity index (χ1n) is 20.4. The Kier molecular flexibility index (Phi) is 27.4. The van der Waals surface area contributed by atoms with Gasteiger partial charge in [0, 0.05) is 37.3 Å². The van der Waals surface area contributed by atoms with E-state index < -0.39 is 42.0 Å². The number of carboxylic acids is 2. The first-order chi connectivity index (χ1) is 33.4. The van der Waals surface area contributed by atoms with E-state index in [-0.39, 0.29) is 250 Å². The standard InChI is InChI=1S/C42H44N12O14S2.4Na/c55-17-13-53(14-18-56)41-49-37(43-27-3-1-5-31(21-27)69(63,64)65)47-39(51-41)45-29-11-9-25(33(23-29)35(59)60)7-8-26-10-12-30(24-34(26)36(61)62)46-40-48-38(50-42(52-40)54(15-19-57)16-20-58)44-28-4-2-6-32(22-28)70(66,67)68;;;;/h1-12,21-24,55-58H,13-20H2,(H,59,60)(H,61,62)(H,63,64,65)(H,66,67,68)(H2,43,45,47,49,51)(H2,44,46,48,50,52);;;;/q;4*+1/p-4/b8-7+;;;;. The Hall–Kier alpha value is -3.96. The smallest absolute Gasteiger partial charge is 0.744 e. The minimum absolute atomic E-state index is 0. The van der Waals surface area contributed by atoms with E-state index in [9.17, 15) is 66.2 Å². The second-order valence-electron chi connectivity index (χ2n) is 14.4. The number of rotatable bonds is 20. The number of hydrogen-bond donors (Lipinski definition) is 8. The number of aromatic carboxylic acids is 2. The minimum atomic E-state index is -4.83. The summed E-state index contributed by atoms with van der Waals surface area (Å²) in [6.07, 6.45) is 2.61. The van der Waals surface area contributed by atoms with Crippen molar-refractivity contribution in [2.24, 2.45) is 20.0 Å². The van der Waals surface area contributed by atoms with Gasteiger partial charge in [0.15, 0.2) is 0 Å². The van der Waals surface area contributed by atoms with E-state index in [4.69, 9.17) is 0 Å². The largest absolute Gasteiger partial charge is 1.00 e. The van der Waals surface area contributed by atoms with Crippen LogP contribution in [0.3, 0.4) is 0 Å². The van der Waals surface area contributed by atoms with Gasteiger partial charge < -0.3 is 59.1 Å². The molecule has 0 saturated carbocycles. The molecule has 2 aromatic heterocycles. The molecule has 0 bridgehead atoms. The van der Waals surface area contributed by atoms with Gasteiger partial charge in [0.05, 0.1) is 70.9 Å². The second kappa shape index (κ2) is 30.7. The number of anilines is 2. The molecule has 0 amide bonds. The monoisotopic (exact) mass is 1090 g/mol. The molecule has 0 atom stereocenters. The fraction of sp³-hybridized carbons (Fsp3) is 0.190. The van der Waals surface area contributed by atoms with Crippen molar-refractivity contribution in [2.45, 2.75) is 9.79 Å². The van der Waals surface area contributed by atoms with Gasteiger partial charge in [0.1, 0.15) is 20.2 Å². The molecule has 2 heterocycles. The molecule has 0 saturated heterocycles. The average Bonchev–Trinajstić information content (AvgIpc) is 3.30. The van der Waals surface area contributed by atoms with Crippen molar-refractivity contribution < 1.29 is 184 Å². The van der Waals surface area contributed by atoms with Crippen molar-refractivity contribution in [1.82, 2.24) is 29.9 Å². The minimum Gasteiger partial charge on any atom is -0.744 e. The molecule has 8 N–H and O–H groups in total. The fourth-order valence-electron chi connectivity index (χ4n) is 6.42. The van der Waals surface area contributed by atoms with Gasteiger partial charge in [0.25, 0.3) is 0 Å². The zero-order chi connectivity index (χ0) is 50.6. The van der Waals surface area contributed by atoms with Gasteiger partial charge in [-0.2, -0.15) is 9.97 Å². The number of aromatic amines is 4. The number of aromatic nitrogens is 6. The van der Waals surface area contributed by atoms with Crippen molar-refractivity contribution >= 4 is 79.0 Å². The Morgan fingerprint density at radius 3 is 1.16 bits per heavy atom. The molecule has 6 aromatic rings. The summed E-state index contributed by atoms with van der Waals surface area (Å²) in [5.74, 6) is -3.21. The van der Waals surface area contributed by atoms with E-state index in [1.165, 1.54) is 70.5 Å². The molecule has 74 heavy (non-hydrogen) atoms. The van der Waals surface area contributed by atoms with Gasteiger partial charge in [0.2, 0.25) is 34.4 Å². The molecular formula is C42H40N12Na4O14S2. The van der Waals surface area contributed by atoms with E-state index in [1.54, 1.807) is 0 Å². The van der Waals surface area contributed by atoms with Crippen molar-refractivity contribution in [1.29, 1.82) is 0 Å². The molecule has 26 nitrogen and oxygen atoms in total. The average molecular weight is 1090 g/mol. The van der Waals surface area contributed by atoms with Gasteiger partial charge in [-0.05, 0) is 71.8 Å². The van der Waals surface area contributed by atoms with Gasteiger partial charge in [-0.15, -0.1) is 0 Å². The summed E-state index contributed by atoms with van der Waals surface area (Å²) in [6.45, 7) is -1.47. The molecule has 32 heteroatoms. The summed E-state index contributed by atoms with van der Waals surface area (Å²) < 4.78 is 69.7. The fourth-order valence-corrected chi connectivity index (χ4v) is 7.44. The van der Waals surface area contributed by atoms with Gasteiger partial charge in [-0.25, -0.2) is 36.8 Å². The predicted molar refractivity (Wildman–Crippen MR) is 239 cm³/mol. The van der Waals surface area contributed by atoms with Gasteiger partial charge in [-0.1, -0.05) is 36.4 Å². The van der Waals surface area contributed by atoms with Crippen LogP contribution in [0.4, 0.5) is 34.6 Å². The molecule has 4 aromatic carbocycles. The summed E-state index contributed by atoms with van der Waals surface area (Å²) in [4.78, 5) is 64.0. The van der Waals surface area contributed by atoms with Crippen molar-refractivity contribution in [3.63, 3.8) is 0 Å². The molecule has 0 unspecified atom stereocenters. The number of aliphatic hydroxyl groups is 4. The van der Waals surface area contributed by atoms with Crippen LogP contribution < -0.4 is 161 Å². The zero-order valence-electron chi connectivity index (χ0n) is 40.2. The number of hydrogen-bond acceptors (Lipinski definition) is 22. The molecule has 368 valence electrons. The topological polar surface area (TPSA) is 420 Å². The SMILES string of the molecule is O=C([O-])c1cc(N=c2[nH]c(N(CCO)CCO)nc(=Nc3cccc(S(=O)(=O)[O-])c3)[nH]2)ccc1/C=C/c1ccc(N=c2[nH]c(N(CCO)CCO)nc(=Nc3cccc(S(=O)(=O)[O-])c3)[nH]2)cc1C(=O)[O-].[Na+].[Na+].[Na+].[Na+]. The maximum Gasteiger partial charge on any atom is 1.00 e. The third-order valence-corrected chi connectivity index (χ3v) is 11.2. The summed E-state index contributed by atoms with van der Waals surface area (Å²) in [5, 5.41) is 63.5. The van der Waals surface area contributed by atoms with Crippen molar-refractivity contribution in [3.05, 3.63) is 130 Å². The van der Waals surface area contributed by atoms with Crippen molar-refractivity contribution in [3.8, 4) is 0 Å². The second-order valence-corrected chi connectivity index (χ2v) is 17.1. The Morgan fingerprint density at radius 2 is 0.851 bits per heavy atom. The molecule has 0 spiro atoms. The summed E-state index contributed by atoms with van der Waals surface area (Å²) in [5.41, 5.74) is -1.10. The summed E-state index contributed by atoms with van der Waals surface area (Å²) >= 11 is 0. The van der Waals surface area contributed by atoms with Crippen LogP contribution in [0, 0.1) is 0 Å². The summed E-state index contributed by atoms with van der Waals surface area (Å²) in [6, 6.07) is 17.4. The van der Waals surface area contributed by atoms with E-state index in [1.807, 2.05) is 0 Å². The zero-order valence-corrected chi connectivity index (χ0v) is 49.8. The van der Waals surface area contributed by atoms with Crippen LogP contribution in [-0.2, 0) is 20.2 Å². The molecule has 6 rings (SSSR count). The normalized spacial score (nSPS) is 12.4. The number of benzene rings is 4. The van der Waals surface area contributed by atoms with E-state index in [2.05, 4.69) is 49.9 Å². The number of aliphatic hydroxyl groups excluding tert-OH is 4. The first-order valence-corrected chi connectivity index (χ1v) is 23.2. The van der Waals surface area contributed by atoms with E-state index in [0.29, 0.717) is 0 Å². The Balaban J connectivity index is 0.00000469. The van der Waals surface area contributed by atoms with Crippen LogP contribution in [0.15, 0.2) is 115 Å². The number of nitrogens with one attached hydrogen (secondary N) is 4. The first kappa shape index (κ1) is 66.2. The third-order valence-electron chi connectivity index (χ3n) is 9.54. The Morgan fingerprint density at radius 1 is 0.514 bits per heavy atom. The maximum atomic E-state index is 12.4. The third kappa shape index (κ3) is 18.9. The molecule has 0 radical (unpaired) electrons. The quantitative estimate of drug-likeness (QED) is 0.0200. The van der Waals surface area contributed by atoms with E-state index in [0.717, 1.165) is 36.4 Å². The van der Waals surface area contributed by atoms with E-state index >= 15 is 0 Å². The Labute approximate surface area is 509 Å². The van der Waals surface area contributed by atoms with Crippen LogP contribution in [0.2, 0.25) is 0 Å². The van der Waals surface area contributed by atoms with Gasteiger partial charge >= 0.3 is 118 Å². The summed E-state index contributed by atoms with van der Waals surface area (Å²) in [7, 11) is -9.66. The van der Waals surface area contributed by atoms with Crippen LogP contribution in [0.5, 0.6) is 0 Å². The Bertz CT molecular complexity index is 3240. The molecule has 0 aliphatic rings. The van der Waals surface area contributed by atoms with Gasteiger partial charge in [-0.3, -0.25) is 19.9 Å². The number of carbonyl (C=O) groups is 2. The number of carbonyl (C=O) groups excluding carboxylic acids is 2. The molecular weight excluding hydrogens is 1050 g/mol. The molecule has 0 aliphatic heterocycles. The number of H-pyrrole nitrogens is 4. The van der Waals surface area contributed by atoms with Crippen molar-refractivity contribution in [2.75, 3.05) is 62.4 Å².